The van der Waals surface area contributed by atoms with Crippen molar-refractivity contribution >= 4 is 17.7 Å². The van der Waals surface area contributed by atoms with Crippen LogP contribution >= 0.6 is 0 Å². The molecule has 6 heteroatoms. The van der Waals surface area contributed by atoms with E-state index >= 15 is 0 Å². The number of nitrogens with zero attached hydrogens (tertiary/aromatic N) is 1. The molecule has 0 saturated carbocycles. The van der Waals surface area contributed by atoms with E-state index in [1.807, 2.05) is 19.1 Å². The van der Waals surface area contributed by atoms with Crippen LogP contribution in [0.2, 0.25) is 0 Å². The van der Waals surface area contributed by atoms with E-state index in [-0.39, 0.29) is 5.78 Å². The maximum atomic E-state index is 13.0. The molecule has 1 aliphatic rings. The second-order valence-electron chi connectivity index (χ2n) is 7.09. The molecule has 0 spiro atoms. The first-order valence-electron chi connectivity index (χ1n) is 9.07. The number of aromatic nitrogens is 1. The molecule has 28 heavy (non-hydrogen) atoms. The minimum atomic E-state index is -0.776. The molecule has 1 aromatic heterocycles. The Morgan fingerprint density at radius 2 is 1.57 bits per heavy atom. The number of aryl methyl sites for hydroxylation is 2. The molecule has 0 radical (unpaired) electrons. The molecule has 3 rings (SSSR count). The summed E-state index contributed by atoms with van der Waals surface area (Å²) < 4.78 is 9.82. The lowest BCUT2D eigenvalue weighted by atomic mass is 9.91. The summed E-state index contributed by atoms with van der Waals surface area (Å²) in [6, 6.07) is 7.30. The topological polar surface area (TPSA) is 82.6 Å². The fraction of sp³-hybridized carbons (Fsp3) is 0.364. The molecular weight excluding hydrogens is 358 g/mol. The number of rotatable bonds is 4. The summed E-state index contributed by atoms with van der Waals surface area (Å²) in [5, 5.41) is 0. The summed E-state index contributed by atoms with van der Waals surface area (Å²) in [5.41, 5.74) is 4.66. The van der Waals surface area contributed by atoms with Crippen molar-refractivity contribution in [3.8, 4) is 0 Å². The van der Waals surface area contributed by atoms with Crippen LogP contribution in [0.5, 0.6) is 0 Å². The van der Waals surface area contributed by atoms with Crippen molar-refractivity contribution in [2.45, 2.75) is 33.1 Å². The molecule has 2 atom stereocenters. The summed E-state index contributed by atoms with van der Waals surface area (Å²) in [5.74, 6) is -2.62. The van der Waals surface area contributed by atoms with Crippen LogP contribution in [0.25, 0.3) is 0 Å². The van der Waals surface area contributed by atoms with E-state index in [1.165, 1.54) is 14.2 Å². The van der Waals surface area contributed by atoms with Crippen molar-refractivity contribution in [3.63, 3.8) is 0 Å². The summed E-state index contributed by atoms with van der Waals surface area (Å²) in [4.78, 5) is 42.3. The maximum Gasteiger partial charge on any atom is 0.314 e. The Morgan fingerprint density at radius 1 is 0.964 bits per heavy atom. The summed E-state index contributed by atoms with van der Waals surface area (Å²) in [7, 11) is 2.59. The molecule has 2 unspecified atom stereocenters. The van der Waals surface area contributed by atoms with E-state index in [9.17, 15) is 14.4 Å². The Bertz CT molecular complexity index is 962. The fourth-order valence-electron chi connectivity index (χ4n) is 3.93. The number of fused-ring (bicyclic) bond motifs is 1. The van der Waals surface area contributed by atoms with Gasteiger partial charge in [0.1, 0.15) is 5.69 Å². The van der Waals surface area contributed by atoms with Crippen molar-refractivity contribution in [2.24, 2.45) is 5.92 Å². The molecule has 0 bridgehead atoms. The van der Waals surface area contributed by atoms with Crippen molar-refractivity contribution < 1.29 is 23.9 Å². The summed E-state index contributed by atoms with van der Waals surface area (Å²) in [6.07, 6.45) is 0.311. The van der Waals surface area contributed by atoms with Crippen LogP contribution in [0.15, 0.2) is 24.3 Å². The molecule has 0 amide bonds. The van der Waals surface area contributed by atoms with Crippen LogP contribution in [0, 0.1) is 26.7 Å². The van der Waals surface area contributed by atoms with Gasteiger partial charge in [0.2, 0.25) is 5.78 Å². The van der Waals surface area contributed by atoms with Gasteiger partial charge in [0.25, 0.3) is 0 Å². The maximum absolute atomic E-state index is 13.0. The van der Waals surface area contributed by atoms with E-state index in [1.54, 1.807) is 26.0 Å². The van der Waals surface area contributed by atoms with Gasteiger partial charge in [-0.2, -0.15) is 0 Å². The lowest BCUT2D eigenvalue weighted by Crippen LogP contribution is -2.27. The SMILES string of the molecule is COC(=O)C1Cc2c(C)c(C(=O)c3ccc(C)cc3)nc(C)c2C1C(=O)OC. The molecule has 0 fully saturated rings. The van der Waals surface area contributed by atoms with Crippen molar-refractivity contribution in [1.29, 1.82) is 0 Å². The van der Waals surface area contributed by atoms with Gasteiger partial charge >= 0.3 is 11.9 Å². The van der Waals surface area contributed by atoms with Gasteiger partial charge in [-0.1, -0.05) is 29.8 Å². The predicted octanol–water partition coefficient (Wildman–Crippen LogP) is 2.84. The van der Waals surface area contributed by atoms with Gasteiger partial charge in [-0.05, 0) is 43.9 Å². The first-order valence-corrected chi connectivity index (χ1v) is 9.07. The number of ketones is 1. The molecule has 2 aromatic rings. The molecule has 0 N–H and O–H groups in total. The first-order chi connectivity index (χ1) is 13.3. The van der Waals surface area contributed by atoms with Crippen molar-refractivity contribution in [2.75, 3.05) is 14.2 Å². The highest BCUT2D eigenvalue weighted by molar-refractivity contribution is 6.09. The fourth-order valence-corrected chi connectivity index (χ4v) is 3.93. The number of esters is 2. The second-order valence-corrected chi connectivity index (χ2v) is 7.09. The molecule has 6 nitrogen and oxygen atoms in total. The lowest BCUT2D eigenvalue weighted by Gasteiger charge is -2.17. The van der Waals surface area contributed by atoms with Gasteiger partial charge in [-0.3, -0.25) is 14.4 Å². The van der Waals surface area contributed by atoms with E-state index in [2.05, 4.69) is 4.98 Å². The number of hydrogen-bond donors (Lipinski definition) is 0. The number of methoxy groups -OCH3 is 2. The van der Waals surface area contributed by atoms with Crippen LogP contribution in [0.3, 0.4) is 0 Å². The van der Waals surface area contributed by atoms with E-state index in [0.29, 0.717) is 34.5 Å². The van der Waals surface area contributed by atoms with Gasteiger partial charge in [-0.15, -0.1) is 0 Å². The molecule has 146 valence electrons. The quantitative estimate of drug-likeness (QED) is 0.598. The largest absolute Gasteiger partial charge is 0.469 e. The molecule has 1 heterocycles. The minimum Gasteiger partial charge on any atom is -0.469 e. The zero-order chi connectivity index (χ0) is 20.6. The van der Waals surface area contributed by atoms with Crippen LogP contribution in [-0.4, -0.2) is 36.9 Å². The average Bonchev–Trinajstić information content (AvgIpc) is 3.11. The molecule has 0 saturated heterocycles. The number of carbonyl (C=O) groups excluding carboxylic acids is 3. The first kappa shape index (κ1) is 19.7. The Hall–Kier alpha value is -3.02. The van der Waals surface area contributed by atoms with Gasteiger partial charge < -0.3 is 9.47 Å². The Balaban J connectivity index is 2.12. The van der Waals surface area contributed by atoms with Gasteiger partial charge in [0.05, 0.1) is 26.1 Å². The van der Waals surface area contributed by atoms with Crippen molar-refractivity contribution in [1.82, 2.24) is 4.98 Å². The zero-order valence-corrected chi connectivity index (χ0v) is 16.7. The van der Waals surface area contributed by atoms with Gasteiger partial charge in [0, 0.05) is 11.3 Å². The Morgan fingerprint density at radius 3 is 2.14 bits per heavy atom. The summed E-state index contributed by atoms with van der Waals surface area (Å²) >= 11 is 0. The number of hydrogen-bond acceptors (Lipinski definition) is 6. The molecule has 0 aliphatic heterocycles. The monoisotopic (exact) mass is 381 g/mol. The highest BCUT2D eigenvalue weighted by atomic mass is 16.5. The smallest absolute Gasteiger partial charge is 0.314 e. The average molecular weight is 381 g/mol. The minimum absolute atomic E-state index is 0.181. The lowest BCUT2D eigenvalue weighted by molar-refractivity contribution is -0.153. The predicted molar refractivity (Wildman–Crippen MR) is 102 cm³/mol. The summed E-state index contributed by atoms with van der Waals surface area (Å²) in [6.45, 7) is 5.51. The normalized spacial score (nSPS) is 17.8. The number of ether oxygens (including phenoxy) is 2. The molecule has 1 aliphatic carbocycles. The van der Waals surface area contributed by atoms with E-state index in [0.717, 1.165) is 11.1 Å². The van der Waals surface area contributed by atoms with Gasteiger partial charge in [-0.25, -0.2) is 4.98 Å². The highest BCUT2D eigenvalue weighted by Crippen LogP contribution is 2.43. The highest BCUT2D eigenvalue weighted by Gasteiger charge is 2.45. The molecular formula is C22H23NO5. The zero-order valence-electron chi connectivity index (χ0n) is 16.7. The number of benzene rings is 1. The van der Waals surface area contributed by atoms with Crippen LogP contribution < -0.4 is 0 Å². The third kappa shape index (κ3) is 3.19. The third-order valence-electron chi connectivity index (χ3n) is 5.43. The van der Waals surface area contributed by atoms with Crippen LogP contribution in [0.4, 0.5) is 0 Å². The van der Waals surface area contributed by atoms with Crippen molar-refractivity contribution in [3.05, 3.63) is 63.5 Å². The third-order valence-corrected chi connectivity index (χ3v) is 5.43. The van der Waals surface area contributed by atoms with Crippen LogP contribution in [0.1, 0.15) is 49.9 Å². The van der Waals surface area contributed by atoms with Crippen LogP contribution in [-0.2, 0) is 25.5 Å². The van der Waals surface area contributed by atoms with E-state index < -0.39 is 23.8 Å². The van der Waals surface area contributed by atoms with Gasteiger partial charge in [0.15, 0.2) is 0 Å². The second kappa shape index (κ2) is 7.54. The van der Waals surface area contributed by atoms with E-state index in [4.69, 9.17) is 9.47 Å². The Kier molecular flexibility index (Phi) is 5.31. The number of pyridine rings is 1. The number of carbonyl (C=O) groups is 3. The molecule has 1 aromatic carbocycles. The standard InChI is InChI=1S/C22H23NO5/c1-11-6-8-14(9-7-11)20(24)19-12(2)15-10-16(21(25)27-4)18(22(26)28-5)17(15)13(3)23-19/h6-9,16,18H,10H2,1-5H3. The Labute approximate surface area is 163 Å².